The van der Waals surface area contributed by atoms with Crippen LogP contribution in [0.4, 0.5) is 10.8 Å². The number of nitro groups is 1. The van der Waals surface area contributed by atoms with Crippen molar-refractivity contribution in [3.05, 3.63) is 75.8 Å². The molecule has 1 N–H and O–H groups in total. The molecule has 0 amide bonds. The van der Waals surface area contributed by atoms with Crippen LogP contribution in [-0.4, -0.2) is 26.6 Å². The van der Waals surface area contributed by atoms with E-state index in [-0.39, 0.29) is 23.6 Å². The minimum absolute atomic E-state index is 0.000840. The molecule has 0 radical (unpaired) electrons. The molecule has 3 aromatic rings. The van der Waals surface area contributed by atoms with Crippen LogP contribution in [0.5, 0.6) is 0 Å². The molecule has 0 aliphatic heterocycles. The van der Waals surface area contributed by atoms with Gasteiger partial charge >= 0.3 is 0 Å². The Balaban J connectivity index is 1.53. The summed E-state index contributed by atoms with van der Waals surface area (Å²) in [6, 6.07) is 15.7. The van der Waals surface area contributed by atoms with E-state index in [2.05, 4.69) is 14.7 Å². The Morgan fingerprint density at radius 3 is 2.77 bits per heavy atom. The molecule has 132 valence electrons. The third-order valence-corrected chi connectivity index (χ3v) is 5.10. The molecule has 0 fully saturated rings. The van der Waals surface area contributed by atoms with Crippen molar-refractivity contribution in [2.45, 2.75) is 10.9 Å². The second-order valence-electron chi connectivity index (χ2n) is 5.24. The van der Waals surface area contributed by atoms with Gasteiger partial charge in [-0.2, -0.15) is 9.36 Å². The van der Waals surface area contributed by atoms with Crippen molar-refractivity contribution in [3.8, 4) is 0 Å². The number of rotatable bonds is 8. The maximum atomic E-state index is 12.2. The standard InChI is InChI=1S/C17H14N4O3S2/c22-15(13-7-4-8-14(9-13)21(23)24)10-18-16-19-17(20-26-16)25-11-12-5-2-1-3-6-12/h1-9H,10-11H2,(H,18,19,20). The molecule has 0 unspecified atom stereocenters. The summed E-state index contributed by atoms with van der Waals surface area (Å²) in [5.41, 5.74) is 1.36. The van der Waals surface area contributed by atoms with Crippen LogP contribution >= 0.6 is 23.3 Å². The van der Waals surface area contributed by atoms with E-state index in [4.69, 9.17) is 0 Å². The summed E-state index contributed by atoms with van der Waals surface area (Å²) in [6.45, 7) is -0.000840. The Kier molecular flexibility index (Phi) is 5.92. The van der Waals surface area contributed by atoms with Crippen LogP contribution in [0, 0.1) is 10.1 Å². The van der Waals surface area contributed by atoms with Crippen molar-refractivity contribution in [1.29, 1.82) is 0 Å². The summed E-state index contributed by atoms with van der Waals surface area (Å²) in [4.78, 5) is 26.8. The fourth-order valence-corrected chi connectivity index (χ4v) is 3.61. The molecule has 3 rings (SSSR count). The number of hydrogen-bond acceptors (Lipinski definition) is 8. The lowest BCUT2D eigenvalue weighted by Gasteiger charge is -2.02. The van der Waals surface area contributed by atoms with Gasteiger partial charge in [0, 0.05) is 35.0 Å². The number of nitro benzene ring substituents is 1. The third kappa shape index (κ3) is 4.87. The van der Waals surface area contributed by atoms with E-state index in [1.54, 1.807) is 6.07 Å². The molecule has 1 heterocycles. The van der Waals surface area contributed by atoms with Gasteiger partial charge in [-0.1, -0.05) is 54.2 Å². The van der Waals surface area contributed by atoms with Gasteiger partial charge in [0.2, 0.25) is 10.3 Å². The molecule has 1 aromatic heterocycles. The summed E-state index contributed by atoms with van der Waals surface area (Å²) in [6.07, 6.45) is 0. The zero-order chi connectivity index (χ0) is 18.4. The average molecular weight is 386 g/mol. The highest BCUT2D eigenvalue weighted by atomic mass is 32.2. The van der Waals surface area contributed by atoms with Gasteiger partial charge in [-0.25, -0.2) is 0 Å². The quantitative estimate of drug-likeness (QED) is 0.270. The first kappa shape index (κ1) is 18.0. The number of anilines is 1. The number of carbonyl (C=O) groups is 1. The lowest BCUT2D eigenvalue weighted by Crippen LogP contribution is -2.14. The Hall–Kier alpha value is -2.78. The van der Waals surface area contributed by atoms with Gasteiger partial charge < -0.3 is 5.32 Å². The molecule has 0 aliphatic rings. The molecule has 0 spiro atoms. The first-order valence-corrected chi connectivity index (χ1v) is 9.39. The minimum atomic E-state index is -0.523. The second-order valence-corrected chi connectivity index (χ2v) is 6.93. The van der Waals surface area contributed by atoms with Crippen LogP contribution < -0.4 is 5.32 Å². The normalized spacial score (nSPS) is 10.5. The number of thioether (sulfide) groups is 1. The number of carbonyl (C=O) groups excluding carboxylic acids is 1. The average Bonchev–Trinajstić information content (AvgIpc) is 3.13. The molecule has 7 nitrogen and oxygen atoms in total. The van der Waals surface area contributed by atoms with Crippen LogP contribution in [0.3, 0.4) is 0 Å². The predicted octanol–water partition coefficient (Wildman–Crippen LogP) is 4.03. The number of nitrogens with one attached hydrogen (secondary N) is 1. The van der Waals surface area contributed by atoms with Crippen LogP contribution in [0.1, 0.15) is 15.9 Å². The maximum Gasteiger partial charge on any atom is 0.270 e. The SMILES string of the molecule is O=C(CNc1nc(SCc2ccccc2)ns1)c1cccc([N+](=O)[O-])c1. The van der Waals surface area contributed by atoms with E-state index in [9.17, 15) is 14.9 Å². The Bertz CT molecular complexity index is 915. The van der Waals surface area contributed by atoms with Crippen molar-refractivity contribution < 1.29 is 9.72 Å². The Labute approximate surface area is 157 Å². The van der Waals surface area contributed by atoms with Gasteiger partial charge in [-0.3, -0.25) is 14.9 Å². The second kappa shape index (κ2) is 8.54. The highest BCUT2D eigenvalue weighted by molar-refractivity contribution is 7.98. The zero-order valence-electron chi connectivity index (χ0n) is 13.5. The molecular formula is C17H14N4O3S2. The number of hydrogen-bond donors (Lipinski definition) is 1. The van der Waals surface area contributed by atoms with Gasteiger partial charge in [-0.15, -0.1) is 0 Å². The number of aromatic nitrogens is 2. The fourth-order valence-electron chi connectivity index (χ4n) is 2.11. The first-order valence-electron chi connectivity index (χ1n) is 7.64. The van der Waals surface area contributed by atoms with E-state index in [0.29, 0.717) is 10.3 Å². The van der Waals surface area contributed by atoms with Gasteiger partial charge in [0.25, 0.3) is 5.69 Å². The topological polar surface area (TPSA) is 98.0 Å². The van der Waals surface area contributed by atoms with Crippen LogP contribution in [-0.2, 0) is 5.75 Å². The lowest BCUT2D eigenvalue weighted by atomic mass is 10.1. The largest absolute Gasteiger partial charge is 0.353 e. The maximum absolute atomic E-state index is 12.2. The smallest absolute Gasteiger partial charge is 0.270 e. The van der Waals surface area contributed by atoms with Crippen LogP contribution in [0.2, 0.25) is 0 Å². The number of non-ortho nitro benzene ring substituents is 1. The highest BCUT2D eigenvalue weighted by Crippen LogP contribution is 2.23. The number of benzene rings is 2. The molecule has 2 aromatic carbocycles. The monoisotopic (exact) mass is 386 g/mol. The van der Waals surface area contributed by atoms with Crippen molar-refractivity contribution in [3.63, 3.8) is 0 Å². The summed E-state index contributed by atoms with van der Waals surface area (Å²) in [5.74, 6) is 0.520. The molecule has 0 atom stereocenters. The van der Waals surface area contributed by atoms with E-state index in [1.807, 2.05) is 30.3 Å². The lowest BCUT2D eigenvalue weighted by molar-refractivity contribution is -0.384. The molecule has 0 aliphatic carbocycles. The third-order valence-electron chi connectivity index (χ3n) is 3.40. The van der Waals surface area contributed by atoms with Crippen LogP contribution in [0.15, 0.2) is 59.8 Å². The van der Waals surface area contributed by atoms with Gasteiger partial charge in [0.05, 0.1) is 11.5 Å². The zero-order valence-corrected chi connectivity index (χ0v) is 15.1. The molecular weight excluding hydrogens is 372 g/mol. The van der Waals surface area contributed by atoms with Crippen LogP contribution in [0.25, 0.3) is 0 Å². The number of nitrogens with zero attached hydrogens (tertiary/aromatic N) is 3. The van der Waals surface area contributed by atoms with Crippen molar-refractivity contribution in [2.24, 2.45) is 0 Å². The fraction of sp³-hybridized carbons (Fsp3) is 0.118. The Morgan fingerprint density at radius 2 is 2.00 bits per heavy atom. The van der Waals surface area contributed by atoms with E-state index in [1.165, 1.54) is 47.1 Å². The van der Waals surface area contributed by atoms with E-state index >= 15 is 0 Å². The molecule has 26 heavy (non-hydrogen) atoms. The molecule has 0 bridgehead atoms. The number of Topliss-reactive ketones (excluding diaryl/α,β-unsaturated/α-hetero) is 1. The van der Waals surface area contributed by atoms with Crippen molar-refractivity contribution in [2.75, 3.05) is 11.9 Å². The summed E-state index contributed by atoms with van der Waals surface area (Å²) >= 11 is 2.69. The molecule has 9 heteroatoms. The molecule has 0 saturated heterocycles. The first-order chi connectivity index (χ1) is 12.6. The number of ketones is 1. The van der Waals surface area contributed by atoms with E-state index in [0.717, 1.165) is 5.75 Å². The summed E-state index contributed by atoms with van der Waals surface area (Å²) in [5, 5.41) is 14.9. The van der Waals surface area contributed by atoms with E-state index < -0.39 is 4.92 Å². The predicted molar refractivity (Wildman–Crippen MR) is 102 cm³/mol. The van der Waals surface area contributed by atoms with Gasteiger partial charge in [-0.05, 0) is 5.56 Å². The van der Waals surface area contributed by atoms with Gasteiger partial charge in [0.15, 0.2) is 5.78 Å². The minimum Gasteiger partial charge on any atom is -0.353 e. The molecule has 0 saturated carbocycles. The van der Waals surface area contributed by atoms with Gasteiger partial charge in [0.1, 0.15) is 0 Å². The van der Waals surface area contributed by atoms with Crippen molar-refractivity contribution in [1.82, 2.24) is 9.36 Å². The summed E-state index contributed by atoms with van der Waals surface area (Å²) < 4.78 is 4.25. The van der Waals surface area contributed by atoms with Crippen molar-refractivity contribution >= 4 is 39.9 Å². The Morgan fingerprint density at radius 1 is 1.19 bits per heavy atom. The highest BCUT2D eigenvalue weighted by Gasteiger charge is 2.12. The summed E-state index contributed by atoms with van der Waals surface area (Å²) in [7, 11) is 0.